The van der Waals surface area contributed by atoms with Crippen LogP contribution in [0.25, 0.3) is 0 Å². The van der Waals surface area contributed by atoms with Gasteiger partial charge in [0.05, 0.1) is 0 Å². The number of hydrogen-bond acceptors (Lipinski definition) is 6. The Morgan fingerprint density at radius 3 is 3.10 bits per heavy atom. The maximum absolute atomic E-state index is 12.2. The average Bonchev–Trinajstić information content (AvgIpc) is 3.10. The summed E-state index contributed by atoms with van der Waals surface area (Å²) >= 11 is 1.51. The second kappa shape index (κ2) is 6.25. The molecule has 2 aromatic heterocycles. The fourth-order valence-corrected chi connectivity index (χ4v) is 3.11. The lowest BCUT2D eigenvalue weighted by molar-refractivity contribution is 0.0950. The van der Waals surface area contributed by atoms with Gasteiger partial charge >= 0.3 is 0 Å². The Kier molecular flexibility index (Phi) is 4.18. The van der Waals surface area contributed by atoms with Gasteiger partial charge in [0, 0.05) is 30.6 Å². The van der Waals surface area contributed by atoms with Crippen molar-refractivity contribution in [3.8, 4) is 0 Å². The van der Waals surface area contributed by atoms with E-state index in [0.29, 0.717) is 18.0 Å². The van der Waals surface area contributed by atoms with Crippen LogP contribution in [0.3, 0.4) is 0 Å². The highest BCUT2D eigenvalue weighted by Crippen LogP contribution is 2.22. The molecule has 0 spiro atoms. The van der Waals surface area contributed by atoms with Crippen molar-refractivity contribution in [3.05, 3.63) is 17.0 Å². The minimum absolute atomic E-state index is 0.105. The smallest absolute Gasteiger partial charge is 0.272 e. The maximum atomic E-state index is 12.2. The Balaban J connectivity index is 1.50. The molecule has 0 bridgehead atoms. The molecule has 112 valence electrons. The quantitative estimate of drug-likeness (QED) is 0.610. The minimum Gasteiger partial charge on any atom is -0.350 e. The molecule has 1 aliphatic carbocycles. The van der Waals surface area contributed by atoms with Crippen LogP contribution in [0.4, 0.5) is 0 Å². The van der Waals surface area contributed by atoms with Crippen molar-refractivity contribution >= 4 is 17.7 Å². The first-order valence-electron chi connectivity index (χ1n) is 6.95. The number of carbonyl (C=O) groups is 1. The Morgan fingerprint density at radius 2 is 2.29 bits per heavy atom. The van der Waals surface area contributed by atoms with Crippen molar-refractivity contribution in [2.45, 2.75) is 30.8 Å². The van der Waals surface area contributed by atoms with E-state index in [1.165, 1.54) is 18.2 Å². The normalized spacial score (nSPS) is 14.0. The number of H-pyrrole nitrogens is 1. The summed E-state index contributed by atoms with van der Waals surface area (Å²) in [6.45, 7) is 0.554. The highest BCUT2D eigenvalue weighted by atomic mass is 32.2. The number of aromatic nitrogens is 6. The highest BCUT2D eigenvalue weighted by Gasteiger charge is 2.21. The molecule has 9 heteroatoms. The lowest BCUT2D eigenvalue weighted by Crippen LogP contribution is -2.27. The predicted molar refractivity (Wildman–Crippen MR) is 77.1 cm³/mol. The van der Waals surface area contributed by atoms with Gasteiger partial charge in [-0.05, 0) is 36.1 Å². The molecule has 2 N–H and O–H groups in total. The van der Waals surface area contributed by atoms with Gasteiger partial charge in [0.15, 0.2) is 5.69 Å². The number of carbonyl (C=O) groups excluding carboxylic acids is 1. The van der Waals surface area contributed by atoms with E-state index in [4.69, 9.17) is 0 Å². The minimum atomic E-state index is -0.105. The molecule has 0 saturated heterocycles. The fraction of sp³-hybridized carbons (Fsp3) is 0.583. The van der Waals surface area contributed by atoms with E-state index < -0.39 is 0 Å². The molecule has 2 heterocycles. The Bertz CT molecular complexity index is 635. The summed E-state index contributed by atoms with van der Waals surface area (Å²) in [7, 11) is 1.79. The third-order valence-electron chi connectivity index (χ3n) is 3.47. The number of fused-ring (bicyclic) bond motifs is 1. The number of hydrogen-bond donors (Lipinski definition) is 2. The van der Waals surface area contributed by atoms with E-state index in [1.807, 2.05) is 0 Å². The van der Waals surface area contributed by atoms with Crippen LogP contribution in [0.1, 0.15) is 34.6 Å². The molecule has 0 atom stereocenters. The standard InChI is InChI=1S/C12H17N7OS/c1-19-12(16-17-18-19)21-7-6-13-11(20)10-8-4-2-3-5-9(8)14-15-10/h2-7H2,1H3,(H,13,20)(H,14,15). The molecule has 1 aliphatic rings. The number of tetrazole rings is 1. The second-order valence-electron chi connectivity index (χ2n) is 4.93. The van der Waals surface area contributed by atoms with Gasteiger partial charge in [-0.2, -0.15) is 5.10 Å². The van der Waals surface area contributed by atoms with Gasteiger partial charge < -0.3 is 5.32 Å². The molecule has 1 amide bonds. The summed E-state index contributed by atoms with van der Waals surface area (Å²) < 4.78 is 1.61. The van der Waals surface area contributed by atoms with Gasteiger partial charge in [-0.15, -0.1) is 5.10 Å². The average molecular weight is 307 g/mol. The number of aromatic amines is 1. The summed E-state index contributed by atoms with van der Waals surface area (Å²) in [6, 6.07) is 0. The SMILES string of the molecule is Cn1nnnc1SCCNC(=O)c1n[nH]c2c1CCCC2. The third kappa shape index (κ3) is 3.07. The van der Waals surface area contributed by atoms with Crippen LogP contribution in [0.15, 0.2) is 5.16 Å². The Labute approximate surface area is 126 Å². The number of thioether (sulfide) groups is 1. The second-order valence-corrected chi connectivity index (χ2v) is 5.99. The van der Waals surface area contributed by atoms with E-state index in [2.05, 4.69) is 31.0 Å². The van der Waals surface area contributed by atoms with Crippen molar-refractivity contribution in [3.63, 3.8) is 0 Å². The Morgan fingerprint density at radius 1 is 1.43 bits per heavy atom. The lowest BCUT2D eigenvalue weighted by Gasteiger charge is -2.11. The first-order valence-corrected chi connectivity index (χ1v) is 7.93. The van der Waals surface area contributed by atoms with E-state index in [1.54, 1.807) is 11.7 Å². The van der Waals surface area contributed by atoms with Gasteiger partial charge in [0.25, 0.3) is 5.91 Å². The van der Waals surface area contributed by atoms with Crippen LogP contribution in [0, 0.1) is 0 Å². The van der Waals surface area contributed by atoms with E-state index >= 15 is 0 Å². The molecule has 0 aliphatic heterocycles. The molecule has 8 nitrogen and oxygen atoms in total. The molecule has 21 heavy (non-hydrogen) atoms. The Hall–Kier alpha value is -1.90. The first-order chi connectivity index (χ1) is 10.3. The van der Waals surface area contributed by atoms with Crippen LogP contribution in [0.2, 0.25) is 0 Å². The van der Waals surface area contributed by atoms with Crippen LogP contribution in [-0.2, 0) is 19.9 Å². The monoisotopic (exact) mass is 307 g/mol. The predicted octanol–water partition coefficient (Wildman–Crippen LogP) is 0.334. The zero-order chi connectivity index (χ0) is 14.7. The topological polar surface area (TPSA) is 101 Å². The summed E-state index contributed by atoms with van der Waals surface area (Å²) in [5.41, 5.74) is 2.75. The number of aryl methyl sites for hydroxylation is 2. The van der Waals surface area contributed by atoms with Gasteiger partial charge in [-0.1, -0.05) is 11.8 Å². The summed E-state index contributed by atoms with van der Waals surface area (Å²) in [5, 5.41) is 22.0. The fourth-order valence-electron chi connectivity index (χ4n) is 2.40. The van der Waals surface area contributed by atoms with Crippen molar-refractivity contribution < 1.29 is 4.79 Å². The largest absolute Gasteiger partial charge is 0.350 e. The number of nitrogens with zero attached hydrogens (tertiary/aromatic N) is 5. The molecule has 0 fully saturated rings. The molecule has 0 unspecified atom stereocenters. The molecule has 2 aromatic rings. The third-order valence-corrected chi connectivity index (χ3v) is 4.48. The van der Waals surface area contributed by atoms with Gasteiger partial charge in [-0.25, -0.2) is 4.68 Å². The highest BCUT2D eigenvalue weighted by molar-refractivity contribution is 7.99. The van der Waals surface area contributed by atoms with E-state index in [-0.39, 0.29) is 5.91 Å². The number of rotatable bonds is 5. The zero-order valence-electron chi connectivity index (χ0n) is 11.8. The number of amides is 1. The van der Waals surface area contributed by atoms with Crippen LogP contribution >= 0.6 is 11.8 Å². The van der Waals surface area contributed by atoms with E-state index in [0.717, 1.165) is 35.7 Å². The maximum Gasteiger partial charge on any atom is 0.272 e. The molecule has 0 radical (unpaired) electrons. The van der Waals surface area contributed by atoms with Gasteiger partial charge in [-0.3, -0.25) is 9.89 Å². The first kappa shape index (κ1) is 14.1. The molecule has 3 rings (SSSR count). The molecule has 0 saturated carbocycles. The van der Waals surface area contributed by atoms with E-state index in [9.17, 15) is 4.79 Å². The van der Waals surface area contributed by atoms with Crippen molar-refractivity contribution in [2.75, 3.05) is 12.3 Å². The zero-order valence-corrected chi connectivity index (χ0v) is 12.6. The summed E-state index contributed by atoms with van der Waals surface area (Å²) in [4.78, 5) is 12.2. The van der Waals surface area contributed by atoms with Crippen LogP contribution < -0.4 is 5.32 Å². The van der Waals surface area contributed by atoms with Gasteiger partial charge in [0.1, 0.15) is 0 Å². The molecular weight excluding hydrogens is 290 g/mol. The molecule has 0 aromatic carbocycles. The van der Waals surface area contributed by atoms with Crippen LogP contribution in [-0.4, -0.2) is 48.6 Å². The lowest BCUT2D eigenvalue weighted by atomic mass is 9.96. The van der Waals surface area contributed by atoms with Gasteiger partial charge in [0.2, 0.25) is 5.16 Å². The van der Waals surface area contributed by atoms with Crippen molar-refractivity contribution in [1.29, 1.82) is 0 Å². The summed E-state index contributed by atoms with van der Waals surface area (Å²) in [5.74, 6) is 0.609. The molecular formula is C12H17N7OS. The summed E-state index contributed by atoms with van der Waals surface area (Å²) in [6.07, 6.45) is 4.22. The number of nitrogens with one attached hydrogen (secondary N) is 2. The van der Waals surface area contributed by atoms with Crippen LogP contribution in [0.5, 0.6) is 0 Å². The van der Waals surface area contributed by atoms with Crippen molar-refractivity contribution in [1.82, 2.24) is 35.7 Å². The van der Waals surface area contributed by atoms with Crippen molar-refractivity contribution in [2.24, 2.45) is 7.05 Å².